The number of ether oxygens (including phenoxy) is 2. The molecule has 4 nitrogen and oxygen atoms in total. The average Bonchev–Trinajstić information content (AvgIpc) is 3.20. The number of hydrogen-bond donors (Lipinski definition) is 1. The fourth-order valence-electron chi connectivity index (χ4n) is 2.24. The molecule has 1 N–H and O–H groups in total. The standard InChI is InChI=1S/C14H30N2O2/c1-4-18-11-8-15-7-9-16(10-12-17-3)13(2)14-5-6-14/h13-15H,4-12H2,1-3H3. The summed E-state index contributed by atoms with van der Waals surface area (Å²) >= 11 is 0. The van der Waals surface area contributed by atoms with Gasteiger partial charge in [0, 0.05) is 45.9 Å². The maximum atomic E-state index is 5.31. The van der Waals surface area contributed by atoms with Gasteiger partial charge in [0.2, 0.25) is 0 Å². The first kappa shape index (κ1) is 15.9. The highest BCUT2D eigenvalue weighted by Crippen LogP contribution is 2.34. The molecule has 1 rings (SSSR count). The normalized spacial score (nSPS) is 17.3. The van der Waals surface area contributed by atoms with Crippen LogP contribution in [0.4, 0.5) is 0 Å². The van der Waals surface area contributed by atoms with Crippen molar-refractivity contribution in [3.8, 4) is 0 Å². The molecule has 0 heterocycles. The zero-order chi connectivity index (χ0) is 13.2. The second kappa shape index (κ2) is 9.73. The fraction of sp³-hybridized carbons (Fsp3) is 1.00. The molecule has 0 aromatic rings. The van der Waals surface area contributed by atoms with Gasteiger partial charge in [0.15, 0.2) is 0 Å². The van der Waals surface area contributed by atoms with Crippen LogP contribution in [0.1, 0.15) is 26.7 Å². The van der Waals surface area contributed by atoms with Gasteiger partial charge in [-0.25, -0.2) is 0 Å². The lowest BCUT2D eigenvalue weighted by atomic mass is 10.2. The molecule has 0 saturated heterocycles. The van der Waals surface area contributed by atoms with Crippen LogP contribution in [0.3, 0.4) is 0 Å². The van der Waals surface area contributed by atoms with Gasteiger partial charge in [-0.3, -0.25) is 4.90 Å². The van der Waals surface area contributed by atoms with Gasteiger partial charge in [0.1, 0.15) is 0 Å². The van der Waals surface area contributed by atoms with Gasteiger partial charge in [-0.2, -0.15) is 0 Å². The predicted molar refractivity (Wildman–Crippen MR) is 75.0 cm³/mol. The summed E-state index contributed by atoms with van der Waals surface area (Å²) in [6.45, 7) is 11.0. The fourth-order valence-corrected chi connectivity index (χ4v) is 2.24. The molecular weight excluding hydrogens is 228 g/mol. The maximum absolute atomic E-state index is 5.31. The van der Waals surface area contributed by atoms with Gasteiger partial charge in [0.25, 0.3) is 0 Å². The zero-order valence-corrected chi connectivity index (χ0v) is 12.3. The number of hydrogen-bond acceptors (Lipinski definition) is 4. The van der Waals surface area contributed by atoms with E-state index in [0.29, 0.717) is 6.04 Å². The number of rotatable bonds is 12. The summed E-state index contributed by atoms with van der Waals surface area (Å²) in [6.07, 6.45) is 2.81. The Labute approximate surface area is 112 Å². The third-order valence-electron chi connectivity index (χ3n) is 3.67. The molecule has 4 heteroatoms. The molecule has 0 amide bonds. The van der Waals surface area contributed by atoms with Crippen molar-refractivity contribution < 1.29 is 9.47 Å². The summed E-state index contributed by atoms with van der Waals surface area (Å²) < 4.78 is 10.5. The van der Waals surface area contributed by atoms with Crippen LogP contribution < -0.4 is 5.32 Å². The van der Waals surface area contributed by atoms with Gasteiger partial charge >= 0.3 is 0 Å². The van der Waals surface area contributed by atoms with Gasteiger partial charge < -0.3 is 14.8 Å². The number of nitrogens with zero attached hydrogens (tertiary/aromatic N) is 1. The first-order chi connectivity index (χ1) is 8.79. The molecule has 1 fully saturated rings. The summed E-state index contributed by atoms with van der Waals surface area (Å²) in [6, 6.07) is 0.703. The van der Waals surface area contributed by atoms with Crippen molar-refractivity contribution in [2.24, 2.45) is 5.92 Å². The molecule has 0 spiro atoms. The summed E-state index contributed by atoms with van der Waals surface area (Å²) in [4.78, 5) is 2.55. The third kappa shape index (κ3) is 6.69. The van der Waals surface area contributed by atoms with E-state index >= 15 is 0 Å². The second-order valence-corrected chi connectivity index (χ2v) is 5.05. The summed E-state index contributed by atoms with van der Waals surface area (Å²) in [5.74, 6) is 0.922. The van der Waals surface area contributed by atoms with Crippen molar-refractivity contribution >= 4 is 0 Å². The third-order valence-corrected chi connectivity index (χ3v) is 3.67. The van der Waals surface area contributed by atoms with E-state index < -0.39 is 0 Å². The average molecular weight is 258 g/mol. The topological polar surface area (TPSA) is 33.7 Å². The quantitative estimate of drug-likeness (QED) is 0.536. The molecule has 0 bridgehead atoms. The summed E-state index contributed by atoms with van der Waals surface area (Å²) in [5.41, 5.74) is 0. The van der Waals surface area contributed by atoms with E-state index in [0.717, 1.165) is 51.9 Å². The Kier molecular flexibility index (Phi) is 8.59. The molecule has 1 saturated carbocycles. The molecule has 1 atom stereocenters. The smallest absolute Gasteiger partial charge is 0.0590 e. The minimum atomic E-state index is 0.703. The van der Waals surface area contributed by atoms with E-state index in [2.05, 4.69) is 17.1 Å². The van der Waals surface area contributed by atoms with Crippen LogP contribution in [0.2, 0.25) is 0 Å². The molecule has 18 heavy (non-hydrogen) atoms. The minimum Gasteiger partial charge on any atom is -0.383 e. The van der Waals surface area contributed by atoms with E-state index in [4.69, 9.17) is 9.47 Å². The van der Waals surface area contributed by atoms with Crippen molar-refractivity contribution in [3.63, 3.8) is 0 Å². The maximum Gasteiger partial charge on any atom is 0.0590 e. The van der Waals surface area contributed by atoms with Gasteiger partial charge in [-0.1, -0.05) is 0 Å². The van der Waals surface area contributed by atoms with Crippen LogP contribution in [0.25, 0.3) is 0 Å². The van der Waals surface area contributed by atoms with E-state index in [1.165, 1.54) is 12.8 Å². The Morgan fingerprint density at radius 2 is 2.00 bits per heavy atom. The van der Waals surface area contributed by atoms with Crippen LogP contribution in [-0.4, -0.2) is 64.1 Å². The first-order valence-corrected chi connectivity index (χ1v) is 7.31. The Balaban J connectivity index is 2.10. The predicted octanol–water partition coefficient (Wildman–Crippen LogP) is 1.36. The van der Waals surface area contributed by atoms with Crippen molar-refractivity contribution in [3.05, 3.63) is 0 Å². The van der Waals surface area contributed by atoms with Gasteiger partial charge in [-0.15, -0.1) is 0 Å². The highest BCUT2D eigenvalue weighted by molar-refractivity contribution is 4.85. The van der Waals surface area contributed by atoms with Crippen LogP contribution in [-0.2, 0) is 9.47 Å². The van der Waals surface area contributed by atoms with E-state index in [1.807, 2.05) is 6.92 Å². The molecule has 0 radical (unpaired) electrons. The molecule has 1 unspecified atom stereocenters. The second-order valence-electron chi connectivity index (χ2n) is 5.05. The first-order valence-electron chi connectivity index (χ1n) is 7.31. The number of methoxy groups -OCH3 is 1. The number of nitrogens with one attached hydrogen (secondary N) is 1. The van der Waals surface area contributed by atoms with Crippen molar-refractivity contribution in [1.82, 2.24) is 10.2 Å². The molecule has 0 aromatic carbocycles. The van der Waals surface area contributed by atoms with Gasteiger partial charge in [0.05, 0.1) is 13.2 Å². The molecule has 0 aliphatic heterocycles. The molecular formula is C14H30N2O2. The van der Waals surface area contributed by atoms with Crippen molar-refractivity contribution in [2.45, 2.75) is 32.7 Å². The Morgan fingerprint density at radius 1 is 1.22 bits per heavy atom. The van der Waals surface area contributed by atoms with E-state index in [-0.39, 0.29) is 0 Å². The van der Waals surface area contributed by atoms with Crippen LogP contribution >= 0.6 is 0 Å². The van der Waals surface area contributed by atoms with Crippen molar-refractivity contribution in [2.75, 3.05) is 53.1 Å². The van der Waals surface area contributed by atoms with Crippen LogP contribution in [0.15, 0.2) is 0 Å². The SMILES string of the molecule is CCOCCNCCN(CCOC)C(C)C1CC1. The Morgan fingerprint density at radius 3 is 2.61 bits per heavy atom. The summed E-state index contributed by atoms with van der Waals surface area (Å²) in [5, 5.41) is 3.43. The van der Waals surface area contributed by atoms with Gasteiger partial charge in [-0.05, 0) is 32.6 Å². The molecule has 108 valence electrons. The van der Waals surface area contributed by atoms with Crippen LogP contribution in [0.5, 0.6) is 0 Å². The Bertz CT molecular complexity index is 198. The highest BCUT2D eigenvalue weighted by Gasteiger charge is 2.31. The molecule has 1 aliphatic rings. The highest BCUT2D eigenvalue weighted by atomic mass is 16.5. The van der Waals surface area contributed by atoms with E-state index in [1.54, 1.807) is 7.11 Å². The lowest BCUT2D eigenvalue weighted by molar-refractivity contribution is 0.115. The summed E-state index contributed by atoms with van der Waals surface area (Å²) in [7, 11) is 1.78. The molecule has 1 aliphatic carbocycles. The van der Waals surface area contributed by atoms with Crippen LogP contribution in [0, 0.1) is 5.92 Å². The Hall–Kier alpha value is -0.160. The van der Waals surface area contributed by atoms with Crippen molar-refractivity contribution in [1.29, 1.82) is 0 Å². The minimum absolute atomic E-state index is 0.703. The lowest BCUT2D eigenvalue weighted by Gasteiger charge is -2.29. The zero-order valence-electron chi connectivity index (χ0n) is 12.3. The lowest BCUT2D eigenvalue weighted by Crippen LogP contribution is -2.41. The molecule has 0 aromatic heterocycles. The van der Waals surface area contributed by atoms with E-state index in [9.17, 15) is 0 Å². The largest absolute Gasteiger partial charge is 0.383 e. The monoisotopic (exact) mass is 258 g/mol.